The molecule has 0 bridgehead atoms. The van der Waals surface area contributed by atoms with Gasteiger partial charge in [0.15, 0.2) is 0 Å². The van der Waals surface area contributed by atoms with Gasteiger partial charge in [0.2, 0.25) is 0 Å². The predicted octanol–water partition coefficient (Wildman–Crippen LogP) is 1.01. The molecule has 5 heteroatoms. The number of aliphatic hydroxyl groups excluding tert-OH is 1. The number of hydrogen-bond acceptors (Lipinski definition) is 4. The molecule has 2 N–H and O–H groups in total. The molecule has 0 saturated heterocycles. The number of aliphatic hydroxyl groups is 1. The van der Waals surface area contributed by atoms with Crippen LogP contribution in [0.25, 0.3) is 0 Å². The summed E-state index contributed by atoms with van der Waals surface area (Å²) in [6, 6.07) is 5.08. The normalized spacial score (nSPS) is 14.1. The van der Waals surface area contributed by atoms with Crippen molar-refractivity contribution in [2.75, 3.05) is 13.7 Å². The van der Waals surface area contributed by atoms with Gasteiger partial charge in [0.05, 0.1) is 13.2 Å². The molecule has 0 aliphatic heterocycles. The summed E-state index contributed by atoms with van der Waals surface area (Å²) >= 11 is 0. The van der Waals surface area contributed by atoms with Gasteiger partial charge in [0, 0.05) is 6.54 Å². The minimum Gasteiger partial charge on any atom is -0.468 e. The van der Waals surface area contributed by atoms with Crippen molar-refractivity contribution in [3.63, 3.8) is 0 Å². The number of methoxy groups -OCH3 is 1. The van der Waals surface area contributed by atoms with Crippen LogP contribution in [0.1, 0.15) is 18.6 Å². The second-order valence-electron chi connectivity index (χ2n) is 3.72. The molecule has 1 rings (SSSR count). The topological polar surface area (TPSA) is 58.6 Å². The summed E-state index contributed by atoms with van der Waals surface area (Å²) in [4.78, 5) is 11.1. The Morgan fingerprint density at radius 2 is 2.06 bits per heavy atom. The molecular weight excluding hydrogens is 225 g/mol. The summed E-state index contributed by atoms with van der Waals surface area (Å²) in [5.41, 5.74) is 0.593. The van der Waals surface area contributed by atoms with Crippen LogP contribution < -0.4 is 5.32 Å². The van der Waals surface area contributed by atoms with Crippen LogP contribution in [0.15, 0.2) is 24.3 Å². The Labute approximate surface area is 99.4 Å². The van der Waals surface area contributed by atoms with E-state index in [0.717, 1.165) is 0 Å². The Bertz CT molecular complexity index is 367. The molecule has 2 unspecified atom stereocenters. The van der Waals surface area contributed by atoms with Crippen molar-refractivity contribution in [2.24, 2.45) is 0 Å². The molecule has 0 heterocycles. The largest absolute Gasteiger partial charge is 0.468 e. The Balaban J connectivity index is 2.47. The molecule has 94 valence electrons. The van der Waals surface area contributed by atoms with Crippen molar-refractivity contribution in [1.82, 2.24) is 5.32 Å². The van der Waals surface area contributed by atoms with Crippen LogP contribution >= 0.6 is 0 Å². The van der Waals surface area contributed by atoms with Gasteiger partial charge in [-0.25, -0.2) is 4.39 Å². The number of benzene rings is 1. The Morgan fingerprint density at radius 3 is 2.59 bits per heavy atom. The first-order chi connectivity index (χ1) is 8.04. The molecule has 1 aromatic carbocycles. The molecule has 0 saturated carbocycles. The quantitative estimate of drug-likeness (QED) is 0.755. The Morgan fingerprint density at radius 1 is 1.47 bits per heavy atom. The van der Waals surface area contributed by atoms with E-state index in [1.54, 1.807) is 6.92 Å². The number of halogens is 1. The molecule has 4 nitrogen and oxygen atoms in total. The maximum Gasteiger partial charge on any atom is 0.322 e. The molecule has 0 amide bonds. The van der Waals surface area contributed by atoms with Crippen molar-refractivity contribution < 1.29 is 19.0 Å². The zero-order chi connectivity index (χ0) is 12.8. The lowest BCUT2D eigenvalue weighted by atomic mass is 10.1. The Kier molecular flexibility index (Phi) is 5.06. The van der Waals surface area contributed by atoms with Crippen LogP contribution in [-0.4, -0.2) is 30.8 Å². The first-order valence-corrected chi connectivity index (χ1v) is 5.29. The lowest BCUT2D eigenvalue weighted by Gasteiger charge is -2.15. The van der Waals surface area contributed by atoms with Crippen LogP contribution in [0.2, 0.25) is 0 Å². The van der Waals surface area contributed by atoms with Crippen molar-refractivity contribution >= 4 is 5.97 Å². The van der Waals surface area contributed by atoms with Crippen molar-refractivity contribution in [3.05, 3.63) is 35.6 Å². The third kappa shape index (κ3) is 4.13. The highest BCUT2D eigenvalue weighted by molar-refractivity contribution is 5.75. The first-order valence-electron chi connectivity index (χ1n) is 5.29. The van der Waals surface area contributed by atoms with Crippen molar-refractivity contribution in [3.8, 4) is 0 Å². The molecule has 0 fully saturated rings. The van der Waals surface area contributed by atoms with Gasteiger partial charge in [-0.2, -0.15) is 0 Å². The van der Waals surface area contributed by atoms with Crippen molar-refractivity contribution in [1.29, 1.82) is 0 Å². The number of carbonyl (C=O) groups excluding carboxylic acids is 1. The SMILES string of the molecule is COC(=O)C(C)NCC(O)c1ccc(F)cc1. The summed E-state index contributed by atoms with van der Waals surface area (Å²) in [6.45, 7) is 1.84. The molecule has 0 aliphatic rings. The van der Waals surface area contributed by atoms with E-state index in [9.17, 15) is 14.3 Å². The summed E-state index contributed by atoms with van der Waals surface area (Å²) in [6.07, 6.45) is -0.789. The van der Waals surface area contributed by atoms with Gasteiger partial charge in [-0.15, -0.1) is 0 Å². The molecule has 0 radical (unpaired) electrons. The minimum absolute atomic E-state index is 0.196. The summed E-state index contributed by atoms with van der Waals surface area (Å²) < 4.78 is 17.2. The smallest absolute Gasteiger partial charge is 0.322 e. The number of esters is 1. The summed E-state index contributed by atoms with van der Waals surface area (Å²) in [7, 11) is 1.30. The van der Waals surface area contributed by atoms with Crippen LogP contribution in [-0.2, 0) is 9.53 Å². The highest BCUT2D eigenvalue weighted by Crippen LogP contribution is 2.12. The average Bonchev–Trinajstić information content (AvgIpc) is 2.35. The van der Waals surface area contributed by atoms with E-state index < -0.39 is 18.1 Å². The zero-order valence-corrected chi connectivity index (χ0v) is 9.81. The van der Waals surface area contributed by atoms with Crippen LogP contribution in [0, 0.1) is 5.82 Å². The molecule has 1 aromatic rings. The van der Waals surface area contributed by atoms with E-state index in [1.807, 2.05) is 0 Å². The van der Waals surface area contributed by atoms with Crippen molar-refractivity contribution in [2.45, 2.75) is 19.1 Å². The average molecular weight is 241 g/mol. The van der Waals surface area contributed by atoms with Gasteiger partial charge in [-0.1, -0.05) is 12.1 Å². The maximum atomic E-state index is 12.7. The van der Waals surface area contributed by atoms with Crippen LogP contribution in [0.4, 0.5) is 4.39 Å². The van der Waals surface area contributed by atoms with E-state index in [-0.39, 0.29) is 12.4 Å². The van der Waals surface area contributed by atoms with Gasteiger partial charge in [0.25, 0.3) is 0 Å². The third-order valence-electron chi connectivity index (χ3n) is 2.43. The molecule has 0 spiro atoms. The van der Waals surface area contributed by atoms with E-state index in [4.69, 9.17) is 0 Å². The molecule has 0 aliphatic carbocycles. The van der Waals surface area contributed by atoms with Gasteiger partial charge in [0.1, 0.15) is 11.9 Å². The first kappa shape index (κ1) is 13.6. The van der Waals surface area contributed by atoms with Gasteiger partial charge < -0.3 is 15.2 Å². The van der Waals surface area contributed by atoms with Gasteiger partial charge in [-0.3, -0.25) is 4.79 Å². The fourth-order valence-corrected chi connectivity index (χ4v) is 1.35. The number of rotatable bonds is 5. The number of ether oxygens (including phenoxy) is 1. The highest BCUT2D eigenvalue weighted by atomic mass is 19.1. The fraction of sp³-hybridized carbons (Fsp3) is 0.417. The second kappa shape index (κ2) is 6.32. The molecule has 17 heavy (non-hydrogen) atoms. The van der Waals surface area contributed by atoms with Crippen LogP contribution in [0.3, 0.4) is 0 Å². The number of carbonyl (C=O) groups is 1. The standard InChI is InChI=1S/C12H16FNO3/c1-8(12(16)17-2)14-7-11(15)9-3-5-10(13)6-4-9/h3-6,8,11,14-15H,7H2,1-2H3. The summed E-state index contributed by atoms with van der Waals surface area (Å²) in [5, 5.41) is 12.6. The van der Waals surface area contributed by atoms with Gasteiger partial charge in [-0.05, 0) is 24.6 Å². The zero-order valence-electron chi connectivity index (χ0n) is 9.81. The highest BCUT2D eigenvalue weighted by Gasteiger charge is 2.14. The van der Waals surface area contributed by atoms with Gasteiger partial charge >= 0.3 is 5.97 Å². The second-order valence-corrected chi connectivity index (χ2v) is 3.72. The minimum atomic E-state index is -0.789. The van der Waals surface area contributed by atoms with E-state index >= 15 is 0 Å². The van der Waals surface area contributed by atoms with Crippen LogP contribution in [0.5, 0.6) is 0 Å². The molecule has 2 atom stereocenters. The van der Waals surface area contributed by atoms with E-state index in [2.05, 4.69) is 10.1 Å². The fourth-order valence-electron chi connectivity index (χ4n) is 1.35. The Hall–Kier alpha value is -1.46. The predicted molar refractivity (Wildman–Crippen MR) is 60.8 cm³/mol. The lowest BCUT2D eigenvalue weighted by molar-refractivity contribution is -0.142. The summed E-state index contributed by atoms with van der Waals surface area (Å²) in [5.74, 6) is -0.742. The van der Waals surface area contributed by atoms with E-state index in [0.29, 0.717) is 5.56 Å². The monoisotopic (exact) mass is 241 g/mol. The molecular formula is C12H16FNO3. The maximum absolute atomic E-state index is 12.7. The lowest BCUT2D eigenvalue weighted by Crippen LogP contribution is -2.37. The third-order valence-corrected chi connectivity index (χ3v) is 2.43. The molecule has 0 aromatic heterocycles. The van der Waals surface area contributed by atoms with E-state index in [1.165, 1.54) is 31.4 Å². The number of hydrogen-bond donors (Lipinski definition) is 2. The number of nitrogens with one attached hydrogen (secondary N) is 1.